The zero-order valence-corrected chi connectivity index (χ0v) is 8.85. The number of benzene rings is 1. The van der Waals surface area contributed by atoms with Crippen LogP contribution in [0.5, 0.6) is 0 Å². The number of fused-ring (bicyclic) bond motifs is 1. The number of hydrogen-bond donors (Lipinski definition) is 0. The SMILES string of the molecule is Cc1[c]cc2c(c1C)CCC(=O)N2C. The Kier molecular flexibility index (Phi) is 2.06. The second-order valence-corrected chi connectivity index (χ2v) is 3.86. The molecule has 1 aliphatic rings. The summed E-state index contributed by atoms with van der Waals surface area (Å²) in [6, 6.07) is 5.11. The number of carbonyl (C=O) groups is 1. The number of anilines is 1. The van der Waals surface area contributed by atoms with Gasteiger partial charge in [0.25, 0.3) is 0 Å². The van der Waals surface area contributed by atoms with Gasteiger partial charge in [-0.1, -0.05) is 0 Å². The van der Waals surface area contributed by atoms with Crippen LogP contribution in [0.1, 0.15) is 23.1 Å². The van der Waals surface area contributed by atoms with E-state index in [9.17, 15) is 4.79 Å². The molecule has 0 aromatic heterocycles. The first-order valence-corrected chi connectivity index (χ1v) is 4.88. The van der Waals surface area contributed by atoms with E-state index in [2.05, 4.69) is 19.9 Å². The number of aryl methyl sites for hydroxylation is 1. The lowest BCUT2D eigenvalue weighted by Gasteiger charge is -2.27. The molecule has 1 aromatic carbocycles. The number of nitrogens with zero attached hydrogens (tertiary/aromatic N) is 1. The minimum atomic E-state index is 0.203. The molecule has 0 unspecified atom stereocenters. The summed E-state index contributed by atoms with van der Waals surface area (Å²) in [5.74, 6) is 0.203. The molecule has 0 aliphatic carbocycles. The van der Waals surface area contributed by atoms with Crippen molar-refractivity contribution in [3.63, 3.8) is 0 Å². The lowest BCUT2D eigenvalue weighted by atomic mass is 9.94. The second kappa shape index (κ2) is 3.12. The van der Waals surface area contributed by atoms with Crippen molar-refractivity contribution in [1.82, 2.24) is 0 Å². The molecule has 0 saturated heterocycles. The van der Waals surface area contributed by atoms with Crippen LogP contribution in [-0.2, 0) is 11.2 Å². The fraction of sp³-hybridized carbons (Fsp3) is 0.417. The molecular formula is C12H14NO. The van der Waals surface area contributed by atoms with Gasteiger partial charge in [0.15, 0.2) is 0 Å². The number of amides is 1. The first kappa shape index (κ1) is 9.25. The Balaban J connectivity index is 2.59. The van der Waals surface area contributed by atoms with Gasteiger partial charge in [0.1, 0.15) is 0 Å². The summed E-state index contributed by atoms with van der Waals surface area (Å²) < 4.78 is 0. The van der Waals surface area contributed by atoms with Crippen molar-refractivity contribution in [3.05, 3.63) is 28.8 Å². The quantitative estimate of drug-likeness (QED) is 0.610. The van der Waals surface area contributed by atoms with E-state index in [1.807, 2.05) is 13.1 Å². The molecule has 73 valence electrons. The summed E-state index contributed by atoms with van der Waals surface area (Å²) in [5, 5.41) is 0. The Hall–Kier alpha value is -1.31. The minimum absolute atomic E-state index is 0.203. The number of hydrogen-bond acceptors (Lipinski definition) is 1. The molecule has 14 heavy (non-hydrogen) atoms. The van der Waals surface area contributed by atoms with E-state index in [1.165, 1.54) is 16.7 Å². The third-order valence-corrected chi connectivity index (χ3v) is 3.07. The van der Waals surface area contributed by atoms with Crippen LogP contribution in [0.4, 0.5) is 5.69 Å². The van der Waals surface area contributed by atoms with E-state index < -0.39 is 0 Å². The lowest BCUT2D eigenvalue weighted by Crippen LogP contribution is -2.31. The molecule has 1 amide bonds. The molecule has 0 saturated carbocycles. The normalized spacial score (nSPS) is 15.6. The van der Waals surface area contributed by atoms with Crippen LogP contribution >= 0.6 is 0 Å². The summed E-state index contributed by atoms with van der Waals surface area (Å²) in [6.07, 6.45) is 1.51. The van der Waals surface area contributed by atoms with Crippen LogP contribution in [0, 0.1) is 19.9 Å². The van der Waals surface area contributed by atoms with Crippen LogP contribution in [0.25, 0.3) is 0 Å². The highest BCUT2D eigenvalue weighted by Gasteiger charge is 2.22. The lowest BCUT2D eigenvalue weighted by molar-refractivity contribution is -0.118. The molecule has 0 N–H and O–H groups in total. The van der Waals surface area contributed by atoms with E-state index in [0.29, 0.717) is 6.42 Å². The second-order valence-electron chi connectivity index (χ2n) is 3.86. The topological polar surface area (TPSA) is 20.3 Å². The Labute approximate surface area is 84.5 Å². The molecule has 0 fully saturated rings. The number of carbonyl (C=O) groups excluding carboxylic acids is 1. The maximum atomic E-state index is 11.5. The van der Waals surface area contributed by atoms with Gasteiger partial charge in [0.2, 0.25) is 5.91 Å². The molecule has 0 atom stereocenters. The van der Waals surface area contributed by atoms with Crippen molar-refractivity contribution in [3.8, 4) is 0 Å². The highest BCUT2D eigenvalue weighted by atomic mass is 16.2. The standard InChI is InChI=1S/C12H14NO/c1-8-4-6-11-10(9(8)2)5-7-12(14)13(11)3/h6H,5,7H2,1-3H3. The predicted molar refractivity (Wildman–Crippen MR) is 56.5 cm³/mol. The van der Waals surface area contributed by atoms with Gasteiger partial charge in [-0.25, -0.2) is 0 Å². The summed E-state index contributed by atoms with van der Waals surface area (Å²) >= 11 is 0. The predicted octanol–water partition coefficient (Wildman–Crippen LogP) is 2.01. The van der Waals surface area contributed by atoms with Crippen LogP contribution < -0.4 is 4.90 Å². The van der Waals surface area contributed by atoms with Crippen molar-refractivity contribution in [2.75, 3.05) is 11.9 Å². The van der Waals surface area contributed by atoms with Crippen molar-refractivity contribution in [1.29, 1.82) is 0 Å². The summed E-state index contributed by atoms with van der Waals surface area (Å²) in [4.78, 5) is 13.2. The largest absolute Gasteiger partial charge is 0.315 e. The molecule has 0 bridgehead atoms. The average molecular weight is 188 g/mol. The highest BCUT2D eigenvalue weighted by molar-refractivity contribution is 5.96. The first-order valence-electron chi connectivity index (χ1n) is 4.88. The van der Waals surface area contributed by atoms with Gasteiger partial charge in [-0.2, -0.15) is 0 Å². The Morgan fingerprint density at radius 3 is 2.79 bits per heavy atom. The van der Waals surface area contributed by atoms with Crippen LogP contribution in [0.15, 0.2) is 6.07 Å². The van der Waals surface area contributed by atoms with Gasteiger partial charge in [-0.05, 0) is 49.1 Å². The molecule has 1 heterocycles. The third kappa shape index (κ3) is 1.22. The van der Waals surface area contributed by atoms with E-state index in [1.54, 1.807) is 4.90 Å². The average Bonchev–Trinajstić information content (AvgIpc) is 2.17. The van der Waals surface area contributed by atoms with Gasteiger partial charge in [0, 0.05) is 19.2 Å². The van der Waals surface area contributed by atoms with Crippen molar-refractivity contribution < 1.29 is 4.79 Å². The van der Waals surface area contributed by atoms with Gasteiger partial charge < -0.3 is 4.90 Å². The fourth-order valence-corrected chi connectivity index (χ4v) is 1.94. The van der Waals surface area contributed by atoms with Crippen LogP contribution in [-0.4, -0.2) is 13.0 Å². The molecule has 1 aliphatic heterocycles. The smallest absolute Gasteiger partial charge is 0.227 e. The maximum absolute atomic E-state index is 11.5. The zero-order chi connectivity index (χ0) is 10.3. The van der Waals surface area contributed by atoms with Gasteiger partial charge in [-0.3, -0.25) is 4.79 Å². The molecule has 1 aromatic rings. The highest BCUT2D eigenvalue weighted by Crippen LogP contribution is 2.30. The molecule has 1 radical (unpaired) electrons. The third-order valence-electron chi connectivity index (χ3n) is 3.07. The van der Waals surface area contributed by atoms with Crippen molar-refractivity contribution >= 4 is 11.6 Å². The molecule has 0 spiro atoms. The molecule has 2 heteroatoms. The Morgan fingerprint density at radius 2 is 2.07 bits per heavy atom. The summed E-state index contributed by atoms with van der Waals surface area (Å²) in [5.41, 5.74) is 4.81. The van der Waals surface area contributed by atoms with Crippen molar-refractivity contribution in [2.24, 2.45) is 0 Å². The molecule has 2 nitrogen and oxygen atoms in total. The monoisotopic (exact) mass is 188 g/mol. The summed E-state index contributed by atoms with van der Waals surface area (Å²) in [6.45, 7) is 4.17. The molecular weight excluding hydrogens is 174 g/mol. The van der Waals surface area contributed by atoms with E-state index in [0.717, 1.165) is 12.1 Å². The van der Waals surface area contributed by atoms with Crippen molar-refractivity contribution in [2.45, 2.75) is 26.7 Å². The van der Waals surface area contributed by atoms with Crippen LogP contribution in [0.2, 0.25) is 0 Å². The van der Waals surface area contributed by atoms with Gasteiger partial charge >= 0.3 is 0 Å². The van der Waals surface area contributed by atoms with E-state index in [4.69, 9.17) is 0 Å². The Morgan fingerprint density at radius 1 is 1.36 bits per heavy atom. The molecule has 2 rings (SSSR count). The van der Waals surface area contributed by atoms with Gasteiger partial charge in [-0.15, -0.1) is 0 Å². The van der Waals surface area contributed by atoms with Crippen LogP contribution in [0.3, 0.4) is 0 Å². The van der Waals surface area contributed by atoms with Gasteiger partial charge in [0.05, 0.1) is 0 Å². The number of rotatable bonds is 0. The first-order chi connectivity index (χ1) is 6.61. The summed E-state index contributed by atoms with van der Waals surface area (Å²) in [7, 11) is 1.84. The maximum Gasteiger partial charge on any atom is 0.227 e. The van der Waals surface area contributed by atoms with E-state index in [-0.39, 0.29) is 5.91 Å². The minimum Gasteiger partial charge on any atom is -0.315 e. The Bertz CT molecular complexity index is 396. The fourth-order valence-electron chi connectivity index (χ4n) is 1.94. The van der Waals surface area contributed by atoms with E-state index >= 15 is 0 Å². The zero-order valence-electron chi connectivity index (χ0n) is 8.85.